The highest BCUT2D eigenvalue weighted by molar-refractivity contribution is 6.30. The number of furan rings is 1. The second-order valence-corrected chi connectivity index (χ2v) is 8.59. The number of quaternary nitrogens is 1. The second kappa shape index (κ2) is 11.5. The molecule has 1 aromatic heterocycles. The summed E-state index contributed by atoms with van der Waals surface area (Å²) >= 11 is 5.96. The number of amides is 2. The van der Waals surface area contributed by atoms with Crippen LogP contribution in [0.25, 0.3) is 17.4 Å². The molecule has 0 fully saturated rings. The average Bonchev–Trinajstić information content (AvgIpc) is 3.25. The fourth-order valence-electron chi connectivity index (χ4n) is 3.14. The fourth-order valence-corrected chi connectivity index (χ4v) is 3.26. The fraction of sp³-hybridized carbons (Fsp3) is 0.231. The van der Waals surface area contributed by atoms with Gasteiger partial charge in [-0.05, 0) is 55.5 Å². The zero-order valence-corrected chi connectivity index (χ0v) is 19.8. The summed E-state index contributed by atoms with van der Waals surface area (Å²) in [6, 6.07) is 18.0. The predicted octanol–water partition coefficient (Wildman–Crippen LogP) is 3.33. The molecule has 0 aliphatic heterocycles. The molecule has 0 atom stereocenters. The van der Waals surface area contributed by atoms with E-state index in [4.69, 9.17) is 16.0 Å². The molecule has 0 unspecified atom stereocenters. The smallest absolute Gasteiger partial charge is 0.267 e. The Morgan fingerprint density at radius 3 is 2.36 bits per heavy atom. The number of rotatable bonds is 9. The van der Waals surface area contributed by atoms with E-state index in [1.807, 2.05) is 37.3 Å². The molecular weight excluding hydrogens is 438 g/mol. The minimum Gasteiger partial charge on any atom is -0.457 e. The van der Waals surface area contributed by atoms with E-state index in [-0.39, 0.29) is 17.5 Å². The Bertz CT molecular complexity index is 1120. The molecule has 3 N–H and O–H groups in total. The Morgan fingerprint density at radius 2 is 1.70 bits per heavy atom. The monoisotopic (exact) mass is 466 g/mol. The predicted molar refractivity (Wildman–Crippen MR) is 131 cm³/mol. The third-order valence-corrected chi connectivity index (χ3v) is 5.24. The summed E-state index contributed by atoms with van der Waals surface area (Å²) in [6.07, 6.45) is 2.37. The number of hydrogen-bond acceptors (Lipinski definition) is 3. The number of carbonyl (C=O) groups is 2. The van der Waals surface area contributed by atoms with Crippen molar-refractivity contribution in [2.24, 2.45) is 0 Å². The van der Waals surface area contributed by atoms with Crippen molar-refractivity contribution in [1.82, 2.24) is 10.6 Å². The summed E-state index contributed by atoms with van der Waals surface area (Å²) in [5.74, 6) is 0.357. The van der Waals surface area contributed by atoms with Crippen molar-refractivity contribution < 1.29 is 18.9 Å². The van der Waals surface area contributed by atoms with Crippen LogP contribution in [0.5, 0.6) is 0 Å². The normalized spacial score (nSPS) is 11.5. The van der Waals surface area contributed by atoms with Gasteiger partial charge in [0.05, 0.1) is 20.6 Å². The first-order chi connectivity index (χ1) is 15.8. The molecule has 3 rings (SSSR count). The number of benzene rings is 2. The zero-order valence-electron chi connectivity index (χ0n) is 19.1. The van der Waals surface area contributed by atoms with E-state index in [1.165, 1.54) is 11.0 Å². The van der Waals surface area contributed by atoms with E-state index >= 15 is 0 Å². The molecule has 7 heteroatoms. The number of hydrogen-bond donors (Lipinski definition) is 3. The van der Waals surface area contributed by atoms with Gasteiger partial charge in [-0.25, -0.2) is 0 Å². The minimum absolute atomic E-state index is 0.120. The summed E-state index contributed by atoms with van der Waals surface area (Å²) in [5.41, 5.74) is 2.50. The molecule has 2 amide bonds. The first kappa shape index (κ1) is 24.3. The Labute approximate surface area is 199 Å². The first-order valence-corrected chi connectivity index (χ1v) is 11.2. The summed E-state index contributed by atoms with van der Waals surface area (Å²) < 4.78 is 5.90. The number of nitrogens with one attached hydrogen (secondary N) is 3. The highest BCUT2D eigenvalue weighted by Crippen LogP contribution is 2.24. The van der Waals surface area contributed by atoms with Crippen molar-refractivity contribution in [3.8, 4) is 11.3 Å². The first-order valence-electron chi connectivity index (χ1n) is 10.8. The number of halogens is 1. The topological polar surface area (TPSA) is 75.8 Å². The Hall–Kier alpha value is -3.35. The lowest BCUT2D eigenvalue weighted by atomic mass is 10.1. The van der Waals surface area contributed by atoms with E-state index in [9.17, 15) is 9.59 Å². The quantitative estimate of drug-likeness (QED) is 0.334. The van der Waals surface area contributed by atoms with Crippen LogP contribution in [0.1, 0.15) is 28.1 Å². The molecule has 3 aromatic rings. The molecule has 6 nitrogen and oxygen atoms in total. The molecule has 0 saturated heterocycles. The van der Waals surface area contributed by atoms with Gasteiger partial charge in [-0.15, -0.1) is 0 Å². The van der Waals surface area contributed by atoms with Gasteiger partial charge in [0.25, 0.3) is 11.8 Å². The molecular formula is C26H29ClN3O3+. The van der Waals surface area contributed by atoms with Crippen LogP contribution in [-0.2, 0) is 4.79 Å². The van der Waals surface area contributed by atoms with Crippen LogP contribution in [0.15, 0.2) is 70.8 Å². The highest BCUT2D eigenvalue weighted by atomic mass is 35.5. The molecule has 33 heavy (non-hydrogen) atoms. The summed E-state index contributed by atoms with van der Waals surface area (Å²) in [7, 11) is 4.12. The maximum Gasteiger partial charge on any atom is 0.267 e. The van der Waals surface area contributed by atoms with Gasteiger partial charge in [-0.3, -0.25) is 9.59 Å². The van der Waals surface area contributed by atoms with Crippen LogP contribution in [0.3, 0.4) is 0 Å². The van der Waals surface area contributed by atoms with Crippen molar-refractivity contribution in [2.45, 2.75) is 13.3 Å². The van der Waals surface area contributed by atoms with Crippen molar-refractivity contribution in [2.75, 3.05) is 27.2 Å². The molecule has 0 aliphatic carbocycles. The third kappa shape index (κ3) is 7.34. The van der Waals surface area contributed by atoms with Crippen LogP contribution >= 0.6 is 11.6 Å². The van der Waals surface area contributed by atoms with Gasteiger partial charge in [0.15, 0.2) is 0 Å². The van der Waals surface area contributed by atoms with Crippen LogP contribution < -0.4 is 15.5 Å². The van der Waals surface area contributed by atoms with Gasteiger partial charge in [0.2, 0.25) is 0 Å². The molecule has 172 valence electrons. The Morgan fingerprint density at radius 1 is 1.00 bits per heavy atom. The lowest BCUT2D eigenvalue weighted by Crippen LogP contribution is -3.05. The molecule has 0 saturated carbocycles. The molecule has 0 spiro atoms. The van der Waals surface area contributed by atoms with Gasteiger partial charge in [-0.2, -0.15) is 0 Å². The van der Waals surface area contributed by atoms with Crippen LogP contribution in [0.4, 0.5) is 0 Å². The van der Waals surface area contributed by atoms with Gasteiger partial charge in [-0.1, -0.05) is 29.3 Å². The largest absolute Gasteiger partial charge is 0.457 e. The molecule has 0 bridgehead atoms. The number of aryl methyl sites for hydroxylation is 1. The zero-order chi connectivity index (χ0) is 23.8. The average molecular weight is 467 g/mol. The van der Waals surface area contributed by atoms with E-state index in [2.05, 4.69) is 24.7 Å². The van der Waals surface area contributed by atoms with E-state index in [0.29, 0.717) is 28.7 Å². The van der Waals surface area contributed by atoms with E-state index in [1.54, 1.807) is 30.3 Å². The van der Waals surface area contributed by atoms with Crippen LogP contribution in [0.2, 0.25) is 5.02 Å². The summed E-state index contributed by atoms with van der Waals surface area (Å²) in [4.78, 5) is 26.9. The standard InChI is InChI=1S/C26H28ClN3O3/c1-18-5-7-20(8-6-18)25(31)29-23(26(32)28-15-4-16-30(2)3)17-22-13-14-24(33-22)19-9-11-21(27)12-10-19/h5-14,17H,4,15-16H2,1-3H3,(H,28,32)(H,29,31)/p+1/b23-17-. The van der Waals surface area contributed by atoms with E-state index < -0.39 is 0 Å². The SMILES string of the molecule is Cc1ccc(C(=O)N/C(=C\c2ccc(-c3ccc(Cl)cc3)o2)C(=O)NCCC[NH+](C)C)cc1. The maximum atomic E-state index is 12.9. The molecule has 0 radical (unpaired) electrons. The molecule has 0 aliphatic rings. The Kier molecular flexibility index (Phi) is 8.46. The lowest BCUT2D eigenvalue weighted by molar-refractivity contribution is -0.858. The van der Waals surface area contributed by atoms with Crippen molar-refractivity contribution in [1.29, 1.82) is 0 Å². The maximum absolute atomic E-state index is 12.9. The van der Waals surface area contributed by atoms with Crippen molar-refractivity contribution in [3.63, 3.8) is 0 Å². The minimum atomic E-state index is -0.367. The molecule has 1 heterocycles. The number of carbonyl (C=O) groups excluding carboxylic acids is 2. The second-order valence-electron chi connectivity index (χ2n) is 8.15. The lowest BCUT2D eigenvalue weighted by Gasteiger charge is -2.12. The highest BCUT2D eigenvalue weighted by Gasteiger charge is 2.16. The molecule has 2 aromatic carbocycles. The Balaban J connectivity index is 1.80. The van der Waals surface area contributed by atoms with Gasteiger partial charge in [0, 0.05) is 35.2 Å². The third-order valence-electron chi connectivity index (χ3n) is 4.99. The van der Waals surface area contributed by atoms with E-state index in [0.717, 1.165) is 24.1 Å². The van der Waals surface area contributed by atoms with Gasteiger partial charge in [0.1, 0.15) is 17.2 Å². The summed E-state index contributed by atoms with van der Waals surface area (Å²) in [5, 5.41) is 6.25. The van der Waals surface area contributed by atoms with Crippen LogP contribution in [-0.4, -0.2) is 39.0 Å². The van der Waals surface area contributed by atoms with Crippen LogP contribution in [0, 0.1) is 6.92 Å². The summed E-state index contributed by atoms with van der Waals surface area (Å²) in [6.45, 7) is 3.39. The van der Waals surface area contributed by atoms with Crippen molar-refractivity contribution in [3.05, 3.63) is 88.3 Å². The van der Waals surface area contributed by atoms with Gasteiger partial charge < -0.3 is 20.0 Å². The van der Waals surface area contributed by atoms with Gasteiger partial charge >= 0.3 is 0 Å². The van der Waals surface area contributed by atoms with Crippen molar-refractivity contribution >= 4 is 29.5 Å².